The van der Waals surface area contributed by atoms with E-state index in [9.17, 15) is 0 Å². The maximum Gasteiger partial charge on any atom is 0.0332 e. The molecule has 0 aromatic heterocycles. The Morgan fingerprint density at radius 2 is 1.83 bits per heavy atom. The predicted octanol–water partition coefficient (Wildman–Crippen LogP) is 3.13. The zero-order chi connectivity index (χ0) is 12.8. The molecule has 2 rings (SSSR count). The predicted molar refractivity (Wildman–Crippen MR) is 77.9 cm³/mol. The SMILES string of the molecule is CCNC(CCN1CCCC1)c1ccc(C)cc1. The second-order valence-electron chi connectivity index (χ2n) is 5.36. The number of hydrogen-bond acceptors (Lipinski definition) is 2. The molecule has 1 aliphatic heterocycles. The van der Waals surface area contributed by atoms with Crippen molar-refractivity contribution < 1.29 is 0 Å². The lowest BCUT2D eigenvalue weighted by Crippen LogP contribution is -2.27. The van der Waals surface area contributed by atoms with Crippen LogP contribution in [0.1, 0.15) is 43.4 Å². The van der Waals surface area contributed by atoms with Crippen LogP contribution in [-0.2, 0) is 0 Å². The van der Waals surface area contributed by atoms with Gasteiger partial charge in [-0.05, 0) is 57.9 Å². The quantitative estimate of drug-likeness (QED) is 0.829. The van der Waals surface area contributed by atoms with Gasteiger partial charge in [0, 0.05) is 6.04 Å². The molecule has 0 amide bonds. The first-order chi connectivity index (χ1) is 8.79. The van der Waals surface area contributed by atoms with Crippen LogP contribution in [-0.4, -0.2) is 31.1 Å². The van der Waals surface area contributed by atoms with E-state index in [-0.39, 0.29) is 0 Å². The number of rotatable bonds is 6. The summed E-state index contributed by atoms with van der Waals surface area (Å²) in [6, 6.07) is 9.49. The summed E-state index contributed by atoms with van der Waals surface area (Å²) >= 11 is 0. The molecule has 1 N–H and O–H groups in total. The Labute approximate surface area is 111 Å². The van der Waals surface area contributed by atoms with E-state index in [1.165, 1.54) is 50.0 Å². The molecule has 0 aliphatic carbocycles. The molecule has 1 saturated heterocycles. The molecule has 0 bridgehead atoms. The minimum atomic E-state index is 0.510. The maximum atomic E-state index is 3.62. The zero-order valence-electron chi connectivity index (χ0n) is 11.8. The number of likely N-dealkylation sites (tertiary alicyclic amines) is 1. The molecule has 1 fully saturated rings. The van der Waals surface area contributed by atoms with Crippen molar-refractivity contribution >= 4 is 0 Å². The third-order valence-electron chi connectivity index (χ3n) is 3.86. The number of nitrogens with zero attached hydrogens (tertiary/aromatic N) is 1. The Balaban J connectivity index is 1.91. The van der Waals surface area contributed by atoms with Crippen LogP contribution in [0.5, 0.6) is 0 Å². The van der Waals surface area contributed by atoms with E-state index in [0.717, 1.165) is 6.54 Å². The number of hydrogen-bond donors (Lipinski definition) is 1. The van der Waals surface area contributed by atoms with Crippen LogP contribution >= 0.6 is 0 Å². The lowest BCUT2D eigenvalue weighted by atomic mass is 10.0. The van der Waals surface area contributed by atoms with Crippen molar-refractivity contribution in [1.82, 2.24) is 10.2 Å². The van der Waals surface area contributed by atoms with Crippen molar-refractivity contribution in [1.29, 1.82) is 0 Å². The van der Waals surface area contributed by atoms with Gasteiger partial charge in [-0.15, -0.1) is 0 Å². The van der Waals surface area contributed by atoms with Gasteiger partial charge in [-0.3, -0.25) is 0 Å². The lowest BCUT2D eigenvalue weighted by molar-refractivity contribution is 0.311. The number of nitrogens with one attached hydrogen (secondary N) is 1. The Kier molecular flexibility index (Phi) is 5.21. The molecule has 1 aliphatic rings. The topological polar surface area (TPSA) is 15.3 Å². The first kappa shape index (κ1) is 13.6. The first-order valence-corrected chi connectivity index (χ1v) is 7.32. The zero-order valence-corrected chi connectivity index (χ0v) is 11.8. The van der Waals surface area contributed by atoms with Gasteiger partial charge in [0.05, 0.1) is 0 Å². The molecule has 1 heterocycles. The highest BCUT2D eigenvalue weighted by molar-refractivity contribution is 5.24. The molecule has 0 spiro atoms. The number of benzene rings is 1. The highest BCUT2D eigenvalue weighted by Crippen LogP contribution is 2.19. The molecule has 0 saturated carbocycles. The van der Waals surface area contributed by atoms with Crippen LogP contribution in [0.25, 0.3) is 0 Å². The summed E-state index contributed by atoms with van der Waals surface area (Å²) in [5, 5.41) is 3.62. The molecule has 1 atom stereocenters. The molecule has 0 radical (unpaired) electrons. The Morgan fingerprint density at radius 3 is 2.44 bits per heavy atom. The second-order valence-corrected chi connectivity index (χ2v) is 5.36. The van der Waals surface area contributed by atoms with Crippen molar-refractivity contribution in [3.05, 3.63) is 35.4 Å². The van der Waals surface area contributed by atoms with E-state index in [0.29, 0.717) is 6.04 Å². The van der Waals surface area contributed by atoms with Gasteiger partial charge in [-0.25, -0.2) is 0 Å². The van der Waals surface area contributed by atoms with Crippen LogP contribution in [0.15, 0.2) is 24.3 Å². The minimum absolute atomic E-state index is 0.510. The average Bonchev–Trinajstić information content (AvgIpc) is 2.89. The summed E-state index contributed by atoms with van der Waals surface area (Å²) < 4.78 is 0. The third kappa shape index (κ3) is 3.82. The highest BCUT2D eigenvalue weighted by Gasteiger charge is 2.15. The third-order valence-corrected chi connectivity index (χ3v) is 3.86. The Hall–Kier alpha value is -0.860. The fourth-order valence-corrected chi connectivity index (χ4v) is 2.75. The standard InChI is InChI=1S/C16H26N2/c1-3-17-16(10-13-18-11-4-5-12-18)15-8-6-14(2)7-9-15/h6-9,16-17H,3-5,10-13H2,1-2H3. The molecule has 2 heteroatoms. The van der Waals surface area contributed by atoms with Crippen LogP contribution in [0.4, 0.5) is 0 Å². The first-order valence-electron chi connectivity index (χ1n) is 7.32. The second kappa shape index (κ2) is 6.91. The monoisotopic (exact) mass is 246 g/mol. The molecular formula is C16H26N2. The normalized spacial score (nSPS) is 18.1. The fourth-order valence-electron chi connectivity index (χ4n) is 2.75. The van der Waals surface area contributed by atoms with E-state index in [4.69, 9.17) is 0 Å². The van der Waals surface area contributed by atoms with Crippen LogP contribution in [0.2, 0.25) is 0 Å². The van der Waals surface area contributed by atoms with Gasteiger partial charge in [0.15, 0.2) is 0 Å². The average molecular weight is 246 g/mol. The van der Waals surface area contributed by atoms with Gasteiger partial charge in [0.2, 0.25) is 0 Å². The minimum Gasteiger partial charge on any atom is -0.310 e. The van der Waals surface area contributed by atoms with Crippen LogP contribution < -0.4 is 5.32 Å². The van der Waals surface area contributed by atoms with Gasteiger partial charge < -0.3 is 10.2 Å². The summed E-state index contributed by atoms with van der Waals surface area (Å²) in [5.74, 6) is 0. The smallest absolute Gasteiger partial charge is 0.0332 e. The van der Waals surface area contributed by atoms with Crippen molar-refractivity contribution in [2.45, 2.75) is 39.2 Å². The van der Waals surface area contributed by atoms with Crippen molar-refractivity contribution in [3.63, 3.8) is 0 Å². The van der Waals surface area contributed by atoms with Crippen molar-refractivity contribution in [2.75, 3.05) is 26.2 Å². The van der Waals surface area contributed by atoms with Gasteiger partial charge in [-0.1, -0.05) is 36.8 Å². The van der Waals surface area contributed by atoms with Crippen molar-refractivity contribution in [2.24, 2.45) is 0 Å². The van der Waals surface area contributed by atoms with Crippen LogP contribution in [0, 0.1) is 6.92 Å². The lowest BCUT2D eigenvalue weighted by Gasteiger charge is -2.22. The molecule has 2 nitrogen and oxygen atoms in total. The molecule has 1 aromatic rings. The summed E-state index contributed by atoms with van der Waals surface area (Å²) in [7, 11) is 0. The van der Waals surface area contributed by atoms with Gasteiger partial charge in [0.25, 0.3) is 0 Å². The molecule has 18 heavy (non-hydrogen) atoms. The largest absolute Gasteiger partial charge is 0.310 e. The van der Waals surface area contributed by atoms with E-state index in [1.807, 2.05) is 0 Å². The summed E-state index contributed by atoms with van der Waals surface area (Å²) in [5.41, 5.74) is 2.77. The van der Waals surface area contributed by atoms with Gasteiger partial charge in [-0.2, -0.15) is 0 Å². The van der Waals surface area contributed by atoms with E-state index < -0.39 is 0 Å². The van der Waals surface area contributed by atoms with Gasteiger partial charge in [0.1, 0.15) is 0 Å². The summed E-state index contributed by atoms with van der Waals surface area (Å²) in [6.45, 7) is 9.21. The molecular weight excluding hydrogens is 220 g/mol. The van der Waals surface area contributed by atoms with Gasteiger partial charge >= 0.3 is 0 Å². The molecule has 1 unspecified atom stereocenters. The fraction of sp³-hybridized carbons (Fsp3) is 0.625. The highest BCUT2D eigenvalue weighted by atomic mass is 15.1. The summed E-state index contributed by atoms with van der Waals surface area (Å²) in [6.07, 6.45) is 3.99. The molecule has 100 valence electrons. The molecule has 1 aromatic carbocycles. The van der Waals surface area contributed by atoms with E-state index >= 15 is 0 Å². The van der Waals surface area contributed by atoms with E-state index in [1.54, 1.807) is 0 Å². The summed E-state index contributed by atoms with van der Waals surface area (Å²) in [4.78, 5) is 2.60. The number of aryl methyl sites for hydroxylation is 1. The Morgan fingerprint density at radius 1 is 1.17 bits per heavy atom. The van der Waals surface area contributed by atoms with Crippen molar-refractivity contribution in [3.8, 4) is 0 Å². The Bertz CT molecular complexity index is 339. The van der Waals surface area contributed by atoms with E-state index in [2.05, 4.69) is 48.3 Å². The van der Waals surface area contributed by atoms with Crippen LogP contribution in [0.3, 0.4) is 0 Å². The maximum absolute atomic E-state index is 3.62.